The van der Waals surface area contributed by atoms with Crippen LogP contribution < -0.4 is 0 Å². The lowest BCUT2D eigenvalue weighted by atomic mass is 10.0. The van der Waals surface area contributed by atoms with Gasteiger partial charge in [0, 0.05) is 6.42 Å². The molecule has 0 aliphatic carbocycles. The molecule has 0 saturated carbocycles. The lowest BCUT2D eigenvalue weighted by molar-refractivity contribution is -0.154. The molecular formula is C11H16O3. The van der Waals surface area contributed by atoms with E-state index in [1.54, 1.807) is 13.8 Å². The summed E-state index contributed by atoms with van der Waals surface area (Å²) in [7, 11) is 0. The van der Waals surface area contributed by atoms with E-state index < -0.39 is 5.60 Å². The van der Waals surface area contributed by atoms with Crippen LogP contribution in [-0.4, -0.2) is 17.7 Å². The molecule has 0 aromatic rings. The van der Waals surface area contributed by atoms with E-state index in [0.29, 0.717) is 12.2 Å². The van der Waals surface area contributed by atoms with E-state index in [1.165, 1.54) is 0 Å². The third-order valence-electron chi connectivity index (χ3n) is 2.24. The van der Waals surface area contributed by atoms with Crippen LogP contribution in [0.2, 0.25) is 0 Å². The second-order valence-electron chi connectivity index (χ2n) is 3.96. The molecule has 78 valence electrons. The van der Waals surface area contributed by atoms with Gasteiger partial charge in [-0.3, -0.25) is 0 Å². The van der Waals surface area contributed by atoms with Gasteiger partial charge in [0.1, 0.15) is 11.9 Å². The molecule has 14 heavy (non-hydrogen) atoms. The Kier molecular flexibility index (Phi) is 2.69. The summed E-state index contributed by atoms with van der Waals surface area (Å²) >= 11 is 0. The van der Waals surface area contributed by atoms with Crippen molar-refractivity contribution in [2.45, 2.75) is 38.9 Å². The Bertz CT molecular complexity index is 293. The predicted molar refractivity (Wildman–Crippen MR) is 53.6 cm³/mol. The molecule has 1 rings (SSSR count). The first-order valence-corrected chi connectivity index (χ1v) is 4.60. The smallest absolute Gasteiger partial charge is 0.350 e. The van der Waals surface area contributed by atoms with Crippen molar-refractivity contribution >= 4 is 5.97 Å². The number of cyclic esters (lactones) is 1. The fourth-order valence-electron chi connectivity index (χ4n) is 1.42. The van der Waals surface area contributed by atoms with Crippen molar-refractivity contribution in [3.63, 3.8) is 0 Å². The molecule has 0 spiro atoms. The van der Waals surface area contributed by atoms with Gasteiger partial charge < -0.3 is 9.47 Å². The van der Waals surface area contributed by atoms with Crippen molar-refractivity contribution in [3.05, 3.63) is 24.5 Å². The zero-order valence-corrected chi connectivity index (χ0v) is 8.92. The number of carbonyl (C=O) groups excluding carboxylic acids is 1. The number of hydrogen-bond acceptors (Lipinski definition) is 3. The highest BCUT2D eigenvalue weighted by Gasteiger charge is 2.46. The molecule has 0 radical (unpaired) electrons. The normalized spacial score (nSPS) is 31.1. The summed E-state index contributed by atoms with van der Waals surface area (Å²) in [6.45, 7) is 12.7. The molecule has 0 aromatic carbocycles. The SMILES string of the molecule is C=C(C)C(=C)OC1(C)CC(C)OC1=O. The van der Waals surface area contributed by atoms with Gasteiger partial charge in [-0.1, -0.05) is 13.2 Å². The van der Waals surface area contributed by atoms with Crippen LogP contribution in [-0.2, 0) is 14.3 Å². The lowest BCUT2D eigenvalue weighted by Crippen LogP contribution is -2.33. The van der Waals surface area contributed by atoms with Crippen molar-refractivity contribution in [1.82, 2.24) is 0 Å². The van der Waals surface area contributed by atoms with E-state index >= 15 is 0 Å². The number of rotatable bonds is 3. The van der Waals surface area contributed by atoms with Gasteiger partial charge in [0.05, 0.1) is 0 Å². The molecule has 1 fully saturated rings. The molecule has 3 heteroatoms. The standard InChI is InChI=1S/C11H16O3/c1-7(2)9(4)14-11(5)6-8(3)13-10(11)12/h8H,1,4,6H2,2-3,5H3. The third-order valence-corrected chi connectivity index (χ3v) is 2.24. The minimum Gasteiger partial charge on any atom is -0.476 e. The van der Waals surface area contributed by atoms with Crippen molar-refractivity contribution in [2.75, 3.05) is 0 Å². The maximum absolute atomic E-state index is 11.4. The quantitative estimate of drug-likeness (QED) is 0.394. The van der Waals surface area contributed by atoms with Gasteiger partial charge in [-0.05, 0) is 26.3 Å². The Hall–Kier alpha value is -1.25. The molecule has 2 atom stereocenters. The van der Waals surface area contributed by atoms with Gasteiger partial charge in [0.2, 0.25) is 5.60 Å². The first-order valence-electron chi connectivity index (χ1n) is 4.60. The summed E-state index contributed by atoms with van der Waals surface area (Å²) in [6.07, 6.45) is 0.462. The van der Waals surface area contributed by atoms with Gasteiger partial charge in [0.15, 0.2) is 0 Å². The number of ether oxygens (including phenoxy) is 2. The Labute approximate surface area is 84.4 Å². The fraction of sp³-hybridized carbons (Fsp3) is 0.545. The maximum Gasteiger partial charge on any atom is 0.350 e. The van der Waals surface area contributed by atoms with Gasteiger partial charge in [-0.25, -0.2) is 4.79 Å². The number of esters is 1. The fourth-order valence-corrected chi connectivity index (χ4v) is 1.42. The van der Waals surface area contributed by atoms with E-state index in [4.69, 9.17) is 9.47 Å². The zero-order valence-electron chi connectivity index (χ0n) is 8.92. The van der Waals surface area contributed by atoms with Gasteiger partial charge in [-0.15, -0.1) is 0 Å². The van der Waals surface area contributed by atoms with Crippen molar-refractivity contribution in [3.8, 4) is 0 Å². The highest BCUT2D eigenvalue weighted by atomic mass is 16.6. The van der Waals surface area contributed by atoms with Crippen LogP contribution in [0.4, 0.5) is 0 Å². The highest BCUT2D eigenvalue weighted by molar-refractivity contribution is 5.81. The summed E-state index contributed by atoms with van der Waals surface area (Å²) in [5, 5.41) is 0. The monoisotopic (exact) mass is 196 g/mol. The van der Waals surface area contributed by atoms with Crippen molar-refractivity contribution in [2.24, 2.45) is 0 Å². The first kappa shape index (κ1) is 10.8. The second-order valence-corrected chi connectivity index (χ2v) is 3.96. The Morgan fingerprint density at radius 1 is 1.64 bits per heavy atom. The molecule has 1 aliphatic rings. The zero-order chi connectivity index (χ0) is 10.9. The molecule has 3 nitrogen and oxygen atoms in total. The summed E-state index contributed by atoms with van der Waals surface area (Å²) in [5.74, 6) is 0.117. The Morgan fingerprint density at radius 3 is 2.57 bits per heavy atom. The number of carbonyl (C=O) groups is 1. The minimum absolute atomic E-state index is 0.0922. The maximum atomic E-state index is 11.4. The van der Waals surface area contributed by atoms with E-state index in [-0.39, 0.29) is 12.1 Å². The largest absolute Gasteiger partial charge is 0.476 e. The molecule has 0 amide bonds. The highest BCUT2D eigenvalue weighted by Crippen LogP contribution is 2.31. The molecular weight excluding hydrogens is 180 g/mol. The molecule has 2 unspecified atom stereocenters. The van der Waals surface area contributed by atoms with E-state index in [0.717, 1.165) is 5.57 Å². The molecule has 1 heterocycles. The number of hydrogen-bond donors (Lipinski definition) is 0. The van der Waals surface area contributed by atoms with Crippen molar-refractivity contribution in [1.29, 1.82) is 0 Å². The average molecular weight is 196 g/mol. The van der Waals surface area contributed by atoms with Crippen LogP contribution >= 0.6 is 0 Å². The van der Waals surface area contributed by atoms with Gasteiger partial charge >= 0.3 is 5.97 Å². The molecule has 1 saturated heterocycles. The predicted octanol–water partition coefficient (Wildman–Crippen LogP) is 2.19. The molecule has 1 aliphatic heterocycles. The third kappa shape index (κ3) is 1.97. The topological polar surface area (TPSA) is 35.5 Å². The molecule has 0 bridgehead atoms. The minimum atomic E-state index is -0.893. The lowest BCUT2D eigenvalue weighted by Gasteiger charge is -2.22. The van der Waals surface area contributed by atoms with Gasteiger partial charge in [-0.2, -0.15) is 0 Å². The van der Waals surface area contributed by atoms with E-state index in [1.807, 2.05) is 6.92 Å². The van der Waals surface area contributed by atoms with Crippen LogP contribution in [0.3, 0.4) is 0 Å². The Balaban J connectivity index is 2.72. The van der Waals surface area contributed by atoms with Gasteiger partial charge in [0.25, 0.3) is 0 Å². The van der Waals surface area contributed by atoms with E-state index in [9.17, 15) is 4.79 Å². The second kappa shape index (κ2) is 3.48. The Morgan fingerprint density at radius 2 is 2.21 bits per heavy atom. The van der Waals surface area contributed by atoms with Crippen LogP contribution in [0.25, 0.3) is 0 Å². The van der Waals surface area contributed by atoms with Crippen LogP contribution in [0.5, 0.6) is 0 Å². The van der Waals surface area contributed by atoms with Crippen molar-refractivity contribution < 1.29 is 14.3 Å². The molecule has 0 aromatic heterocycles. The number of allylic oxidation sites excluding steroid dienone is 1. The van der Waals surface area contributed by atoms with E-state index in [2.05, 4.69) is 13.2 Å². The van der Waals surface area contributed by atoms with Crippen LogP contribution in [0.15, 0.2) is 24.5 Å². The first-order chi connectivity index (χ1) is 6.35. The summed E-state index contributed by atoms with van der Waals surface area (Å²) in [4.78, 5) is 11.4. The van der Waals surface area contributed by atoms with Crippen LogP contribution in [0.1, 0.15) is 27.2 Å². The average Bonchev–Trinajstić information content (AvgIpc) is 2.25. The summed E-state index contributed by atoms with van der Waals surface area (Å²) < 4.78 is 10.5. The summed E-state index contributed by atoms with van der Waals surface area (Å²) in [5.41, 5.74) is -0.172. The summed E-state index contributed by atoms with van der Waals surface area (Å²) in [6, 6.07) is 0. The van der Waals surface area contributed by atoms with Crippen LogP contribution in [0, 0.1) is 0 Å². The molecule has 0 N–H and O–H groups in total.